The van der Waals surface area contributed by atoms with Gasteiger partial charge in [-0.1, -0.05) is 30.9 Å². The third kappa shape index (κ3) is 1.66. The highest BCUT2D eigenvalue weighted by atomic mass is 35.5. The second-order valence-corrected chi connectivity index (χ2v) is 3.99. The normalized spacial score (nSPS) is 19.2. The van der Waals surface area contributed by atoms with Gasteiger partial charge in [0.05, 0.1) is 17.9 Å². The maximum Gasteiger partial charge on any atom is 0.150 e. The highest BCUT2D eigenvalue weighted by Gasteiger charge is 2.18. The number of nitrogens with two attached hydrogens (primary N) is 1. The number of hydrogen-bond acceptors (Lipinski definition) is 2. The Kier molecular flexibility index (Phi) is 2.44. The largest absolute Gasteiger partial charge is 0.395 e. The van der Waals surface area contributed by atoms with Crippen molar-refractivity contribution in [3.05, 3.63) is 11.3 Å². The second kappa shape index (κ2) is 3.58. The van der Waals surface area contributed by atoms with E-state index < -0.39 is 0 Å². The van der Waals surface area contributed by atoms with Crippen LogP contribution in [0.5, 0.6) is 0 Å². The van der Waals surface area contributed by atoms with Crippen LogP contribution in [0.25, 0.3) is 0 Å². The summed E-state index contributed by atoms with van der Waals surface area (Å²) in [5.74, 6) is 0. The van der Waals surface area contributed by atoms with Crippen molar-refractivity contribution >= 4 is 17.3 Å². The molecular weight excluding hydrogens is 186 g/mol. The fourth-order valence-corrected chi connectivity index (χ4v) is 2.17. The first kappa shape index (κ1) is 8.88. The van der Waals surface area contributed by atoms with Gasteiger partial charge in [-0.25, -0.2) is 4.68 Å². The molecule has 0 radical (unpaired) electrons. The van der Waals surface area contributed by atoms with Crippen LogP contribution in [0.15, 0.2) is 6.20 Å². The molecule has 72 valence electrons. The van der Waals surface area contributed by atoms with Crippen LogP contribution in [-0.4, -0.2) is 9.78 Å². The predicted octanol–water partition coefficient (Wildman–Crippen LogP) is 2.62. The van der Waals surface area contributed by atoms with Gasteiger partial charge in [-0.05, 0) is 12.8 Å². The Bertz CT molecular complexity index is 289. The molecule has 1 saturated carbocycles. The average Bonchev–Trinajstić information content (AvgIpc) is 2.49. The van der Waals surface area contributed by atoms with E-state index in [2.05, 4.69) is 5.10 Å². The first-order valence-corrected chi connectivity index (χ1v) is 5.15. The molecule has 0 amide bonds. The topological polar surface area (TPSA) is 43.8 Å². The molecule has 1 aliphatic rings. The molecular formula is C9H14ClN3. The van der Waals surface area contributed by atoms with E-state index in [1.807, 2.05) is 4.68 Å². The van der Waals surface area contributed by atoms with Crippen LogP contribution in [0.4, 0.5) is 5.69 Å². The van der Waals surface area contributed by atoms with Crippen LogP contribution >= 0.6 is 11.6 Å². The third-order valence-corrected chi connectivity index (χ3v) is 3.07. The highest BCUT2D eigenvalue weighted by Crippen LogP contribution is 2.31. The van der Waals surface area contributed by atoms with Crippen molar-refractivity contribution in [3.8, 4) is 0 Å². The summed E-state index contributed by atoms with van der Waals surface area (Å²) in [6.07, 6.45) is 7.89. The minimum absolute atomic E-state index is 0.471. The summed E-state index contributed by atoms with van der Waals surface area (Å²) in [7, 11) is 0. The molecule has 4 heteroatoms. The minimum Gasteiger partial charge on any atom is -0.395 e. The van der Waals surface area contributed by atoms with Gasteiger partial charge < -0.3 is 5.73 Å². The SMILES string of the molecule is Nc1cnn(C2CCCCC2)c1Cl. The van der Waals surface area contributed by atoms with E-state index in [0.717, 1.165) is 0 Å². The van der Waals surface area contributed by atoms with E-state index >= 15 is 0 Å². The zero-order valence-electron chi connectivity index (χ0n) is 7.54. The van der Waals surface area contributed by atoms with Crippen molar-refractivity contribution in [3.63, 3.8) is 0 Å². The molecule has 0 saturated heterocycles. The summed E-state index contributed by atoms with van der Waals surface area (Å²) < 4.78 is 1.87. The smallest absolute Gasteiger partial charge is 0.150 e. The maximum atomic E-state index is 6.02. The molecule has 2 N–H and O–H groups in total. The molecule has 13 heavy (non-hydrogen) atoms. The van der Waals surface area contributed by atoms with Crippen molar-refractivity contribution in [2.45, 2.75) is 38.1 Å². The lowest BCUT2D eigenvalue weighted by Gasteiger charge is -2.22. The van der Waals surface area contributed by atoms with Gasteiger partial charge in [0, 0.05) is 0 Å². The van der Waals surface area contributed by atoms with Crippen LogP contribution in [0.1, 0.15) is 38.1 Å². The molecule has 0 aliphatic heterocycles. The van der Waals surface area contributed by atoms with Crippen molar-refractivity contribution in [2.75, 3.05) is 5.73 Å². The maximum absolute atomic E-state index is 6.02. The first-order valence-electron chi connectivity index (χ1n) is 4.77. The number of anilines is 1. The number of nitrogen functional groups attached to an aromatic ring is 1. The van der Waals surface area contributed by atoms with E-state index in [9.17, 15) is 0 Å². The molecule has 0 aromatic carbocycles. The van der Waals surface area contributed by atoms with Gasteiger partial charge >= 0.3 is 0 Å². The molecule has 0 bridgehead atoms. The van der Waals surface area contributed by atoms with Gasteiger partial charge in [-0.3, -0.25) is 0 Å². The molecule has 1 fully saturated rings. The summed E-state index contributed by atoms with van der Waals surface area (Å²) in [5, 5.41) is 4.80. The molecule has 0 atom stereocenters. The van der Waals surface area contributed by atoms with Crippen LogP contribution < -0.4 is 5.73 Å². The monoisotopic (exact) mass is 199 g/mol. The Morgan fingerprint density at radius 3 is 2.62 bits per heavy atom. The zero-order chi connectivity index (χ0) is 9.26. The van der Waals surface area contributed by atoms with E-state index in [1.165, 1.54) is 32.1 Å². The zero-order valence-corrected chi connectivity index (χ0v) is 8.30. The van der Waals surface area contributed by atoms with Crippen LogP contribution in [-0.2, 0) is 0 Å². The van der Waals surface area contributed by atoms with Crippen LogP contribution in [0, 0.1) is 0 Å². The standard InChI is InChI=1S/C9H14ClN3/c10-9-8(11)6-12-13(9)7-4-2-1-3-5-7/h6-7H,1-5,11H2. The Hall–Kier alpha value is -0.700. The lowest BCUT2D eigenvalue weighted by molar-refractivity contribution is 0.330. The average molecular weight is 200 g/mol. The van der Waals surface area contributed by atoms with E-state index in [4.69, 9.17) is 17.3 Å². The second-order valence-electron chi connectivity index (χ2n) is 3.63. The summed E-state index contributed by atoms with van der Waals surface area (Å²) in [4.78, 5) is 0. The van der Waals surface area contributed by atoms with E-state index in [0.29, 0.717) is 16.9 Å². The lowest BCUT2D eigenvalue weighted by atomic mass is 9.96. The number of nitrogens with zero attached hydrogens (tertiary/aromatic N) is 2. The fourth-order valence-electron chi connectivity index (χ4n) is 1.94. The van der Waals surface area contributed by atoms with Gasteiger partial charge in [-0.15, -0.1) is 0 Å². The van der Waals surface area contributed by atoms with Gasteiger partial charge in [0.15, 0.2) is 0 Å². The molecule has 0 spiro atoms. The highest BCUT2D eigenvalue weighted by molar-refractivity contribution is 6.32. The van der Waals surface area contributed by atoms with Gasteiger partial charge in [0.2, 0.25) is 0 Å². The number of rotatable bonds is 1. The molecule has 0 unspecified atom stereocenters. The Labute approximate surface area is 82.9 Å². The number of hydrogen-bond donors (Lipinski definition) is 1. The summed E-state index contributed by atoms with van der Waals surface area (Å²) in [6, 6.07) is 0.471. The van der Waals surface area contributed by atoms with Crippen LogP contribution in [0.3, 0.4) is 0 Å². The molecule has 1 aliphatic carbocycles. The van der Waals surface area contributed by atoms with Crippen LogP contribution in [0.2, 0.25) is 5.15 Å². The number of halogens is 1. The molecule has 1 aromatic heterocycles. The Balaban J connectivity index is 2.18. The van der Waals surface area contributed by atoms with Crippen molar-refractivity contribution < 1.29 is 0 Å². The molecule has 3 nitrogen and oxygen atoms in total. The first-order chi connectivity index (χ1) is 6.29. The minimum atomic E-state index is 0.471. The fraction of sp³-hybridized carbons (Fsp3) is 0.667. The van der Waals surface area contributed by atoms with Crippen molar-refractivity contribution in [1.29, 1.82) is 0 Å². The molecule has 1 aromatic rings. The van der Waals surface area contributed by atoms with Gasteiger partial charge in [0.25, 0.3) is 0 Å². The number of aromatic nitrogens is 2. The third-order valence-electron chi connectivity index (χ3n) is 2.68. The Morgan fingerprint density at radius 1 is 1.38 bits per heavy atom. The summed E-state index contributed by atoms with van der Waals surface area (Å²) in [5.41, 5.74) is 6.22. The van der Waals surface area contributed by atoms with Gasteiger partial charge in [-0.2, -0.15) is 5.10 Å². The molecule has 1 heterocycles. The predicted molar refractivity (Wildman–Crippen MR) is 53.8 cm³/mol. The molecule has 2 rings (SSSR count). The van der Waals surface area contributed by atoms with Crippen molar-refractivity contribution in [1.82, 2.24) is 9.78 Å². The quantitative estimate of drug-likeness (QED) is 0.756. The van der Waals surface area contributed by atoms with Gasteiger partial charge in [0.1, 0.15) is 5.15 Å². The Morgan fingerprint density at radius 2 is 2.08 bits per heavy atom. The van der Waals surface area contributed by atoms with E-state index in [1.54, 1.807) is 6.20 Å². The van der Waals surface area contributed by atoms with E-state index in [-0.39, 0.29) is 0 Å². The summed E-state index contributed by atoms with van der Waals surface area (Å²) >= 11 is 6.02. The lowest BCUT2D eigenvalue weighted by Crippen LogP contribution is -2.14. The summed E-state index contributed by atoms with van der Waals surface area (Å²) in [6.45, 7) is 0. The van der Waals surface area contributed by atoms with Crippen molar-refractivity contribution in [2.24, 2.45) is 0 Å².